The Morgan fingerprint density at radius 1 is 1.05 bits per heavy atom. The molecule has 12 heteroatoms. The topological polar surface area (TPSA) is 104 Å². The van der Waals surface area contributed by atoms with Crippen molar-refractivity contribution in [1.29, 1.82) is 0 Å². The number of benzene rings is 3. The van der Waals surface area contributed by atoms with Crippen LogP contribution in [-0.2, 0) is 24.3 Å². The van der Waals surface area contributed by atoms with Crippen LogP contribution in [0.2, 0.25) is 10.0 Å². The number of carboxylic acids is 1. The molecule has 3 aromatic carbocycles. The number of carbonyl (C=O) groups excluding carboxylic acids is 1. The molecule has 0 radical (unpaired) electrons. The lowest BCUT2D eigenvalue weighted by molar-refractivity contribution is -0.190. The maximum atomic E-state index is 15.2. The fourth-order valence-corrected chi connectivity index (χ4v) is 7.89. The first-order valence-electron chi connectivity index (χ1n) is 14.4. The van der Waals surface area contributed by atoms with Crippen molar-refractivity contribution in [2.75, 3.05) is 10.8 Å². The second kappa shape index (κ2) is 13.0. The number of morpholine rings is 1. The molecule has 2 aliphatic rings. The van der Waals surface area contributed by atoms with Crippen molar-refractivity contribution in [1.82, 2.24) is 4.90 Å². The van der Waals surface area contributed by atoms with Gasteiger partial charge in [-0.3, -0.25) is 13.9 Å². The Morgan fingerprint density at radius 2 is 1.73 bits per heavy atom. The summed E-state index contributed by atoms with van der Waals surface area (Å²) in [5.41, 5.74) is 1.13. The number of hydrogen-bond donors (Lipinski definition) is 1. The number of carbonyl (C=O) groups is 2. The molecule has 1 saturated heterocycles. The molecule has 0 bridgehead atoms. The summed E-state index contributed by atoms with van der Waals surface area (Å²) in [7, 11) is -3.97. The van der Waals surface area contributed by atoms with Crippen LogP contribution in [0.3, 0.4) is 0 Å². The first-order chi connectivity index (χ1) is 20.9. The molecule has 1 heterocycles. The molecule has 3 aromatic rings. The Kier molecular flexibility index (Phi) is 9.55. The first kappa shape index (κ1) is 32.2. The van der Waals surface area contributed by atoms with Gasteiger partial charge in [0, 0.05) is 10.0 Å². The number of rotatable bonds is 11. The van der Waals surface area contributed by atoms with Gasteiger partial charge in [-0.15, -0.1) is 0 Å². The molecular formula is C32H33Cl2FN2O6S. The van der Waals surface area contributed by atoms with Crippen LogP contribution in [0.5, 0.6) is 0 Å². The van der Waals surface area contributed by atoms with E-state index in [0.29, 0.717) is 34.0 Å². The van der Waals surface area contributed by atoms with E-state index in [0.717, 1.165) is 4.31 Å². The fraction of sp³-hybridized carbons (Fsp3) is 0.375. The standard InChI is InChI=1S/C32H33Cl2FN2O6S/c1-3-24(18-36(44(41,42)25-15-16-25)27-10-5-4-9-26(27)35)37-28(20-11-13-22(33)14-12-20)30(21-7-6-8-23(34)17-21)43-29(31(37)38)19(2)32(39)40/h4-14,17,19,24-25,28-30H,3,15-16,18H2,1-2H3,(H,39,40)/t19-,24-,28+,29-,30+/m0/s1. The van der Waals surface area contributed by atoms with Crippen LogP contribution < -0.4 is 4.31 Å². The Labute approximate surface area is 266 Å². The van der Waals surface area contributed by atoms with Gasteiger partial charge < -0.3 is 14.7 Å². The highest BCUT2D eigenvalue weighted by Crippen LogP contribution is 2.46. The van der Waals surface area contributed by atoms with E-state index in [1.165, 1.54) is 30.0 Å². The van der Waals surface area contributed by atoms with E-state index < -0.39 is 63.2 Å². The normalized spacial score (nSPS) is 22.0. The number of halogens is 3. The molecule has 0 aromatic heterocycles. The quantitative estimate of drug-likeness (QED) is 0.247. The molecule has 234 valence electrons. The summed E-state index contributed by atoms with van der Waals surface area (Å²) in [5.74, 6) is -3.77. The number of ether oxygens (including phenoxy) is 1. The molecule has 0 unspecified atom stereocenters. The van der Waals surface area contributed by atoms with Crippen molar-refractivity contribution >= 4 is 50.8 Å². The molecule has 5 atom stereocenters. The second-order valence-electron chi connectivity index (χ2n) is 11.2. The third kappa shape index (κ3) is 6.44. The second-order valence-corrected chi connectivity index (χ2v) is 14.2. The molecular weight excluding hydrogens is 630 g/mol. The first-order valence-corrected chi connectivity index (χ1v) is 16.7. The van der Waals surface area contributed by atoms with Crippen LogP contribution >= 0.6 is 23.2 Å². The number of carboxylic acid groups (broad SMARTS) is 1. The Morgan fingerprint density at radius 3 is 2.32 bits per heavy atom. The molecule has 5 rings (SSSR count). The SMILES string of the molecule is CC[C@@H](CN(c1ccccc1F)S(=O)(=O)C1CC1)N1C(=O)[C@H]([C@H](C)C(=O)O)O[C@H](c2cccc(Cl)c2)[C@H]1c1ccc(Cl)cc1. The van der Waals surface area contributed by atoms with Crippen LogP contribution in [0.25, 0.3) is 0 Å². The van der Waals surface area contributed by atoms with E-state index in [2.05, 4.69) is 0 Å². The zero-order valence-electron chi connectivity index (χ0n) is 24.1. The third-order valence-corrected chi connectivity index (χ3v) is 11.0. The summed E-state index contributed by atoms with van der Waals surface area (Å²) < 4.78 is 50.1. The number of sulfonamides is 1. The van der Waals surface area contributed by atoms with Crippen LogP contribution in [0.15, 0.2) is 72.8 Å². The van der Waals surface area contributed by atoms with Gasteiger partial charge in [0.25, 0.3) is 5.91 Å². The molecule has 44 heavy (non-hydrogen) atoms. The van der Waals surface area contributed by atoms with Gasteiger partial charge in [0.05, 0.1) is 35.5 Å². The van der Waals surface area contributed by atoms with Crippen LogP contribution in [0.4, 0.5) is 10.1 Å². The summed E-state index contributed by atoms with van der Waals surface area (Å²) in [6, 6.07) is 17.7. The Bertz CT molecular complexity index is 1640. The lowest BCUT2D eigenvalue weighted by atomic mass is 9.88. The number of aliphatic carboxylic acids is 1. The van der Waals surface area contributed by atoms with E-state index in [9.17, 15) is 23.1 Å². The van der Waals surface area contributed by atoms with Crippen molar-refractivity contribution in [2.45, 2.75) is 62.7 Å². The van der Waals surface area contributed by atoms with E-state index in [1.54, 1.807) is 61.5 Å². The van der Waals surface area contributed by atoms with Gasteiger partial charge in [0.2, 0.25) is 10.0 Å². The average Bonchev–Trinajstić information content (AvgIpc) is 3.85. The summed E-state index contributed by atoms with van der Waals surface area (Å²) in [6.45, 7) is 2.95. The highest BCUT2D eigenvalue weighted by atomic mass is 35.5. The highest BCUT2D eigenvalue weighted by Gasteiger charge is 2.51. The summed E-state index contributed by atoms with van der Waals surface area (Å²) in [4.78, 5) is 28.1. The number of anilines is 1. The highest BCUT2D eigenvalue weighted by molar-refractivity contribution is 7.93. The third-order valence-electron chi connectivity index (χ3n) is 8.23. The maximum Gasteiger partial charge on any atom is 0.309 e. The Balaban J connectivity index is 1.68. The van der Waals surface area contributed by atoms with Gasteiger partial charge in [-0.2, -0.15) is 0 Å². The van der Waals surface area contributed by atoms with Crippen molar-refractivity contribution < 1.29 is 32.2 Å². The number of hydrogen-bond acceptors (Lipinski definition) is 5. The van der Waals surface area contributed by atoms with E-state index in [4.69, 9.17) is 27.9 Å². The fourth-order valence-electron chi connectivity index (χ4n) is 5.67. The van der Waals surface area contributed by atoms with E-state index in [1.807, 2.05) is 0 Å². The van der Waals surface area contributed by atoms with Gasteiger partial charge in [0.1, 0.15) is 18.0 Å². The monoisotopic (exact) mass is 662 g/mol. The number of nitrogens with zero attached hydrogens (tertiary/aromatic N) is 2. The summed E-state index contributed by atoms with van der Waals surface area (Å²) in [5, 5.41) is 10.2. The van der Waals surface area contributed by atoms with Gasteiger partial charge in [0.15, 0.2) is 0 Å². The smallest absolute Gasteiger partial charge is 0.309 e. The van der Waals surface area contributed by atoms with Crippen LogP contribution in [0, 0.1) is 11.7 Å². The zero-order valence-corrected chi connectivity index (χ0v) is 26.5. The van der Waals surface area contributed by atoms with Crippen molar-refractivity contribution in [3.8, 4) is 0 Å². The van der Waals surface area contributed by atoms with Gasteiger partial charge in [-0.25, -0.2) is 12.8 Å². The van der Waals surface area contributed by atoms with Crippen molar-refractivity contribution in [2.24, 2.45) is 5.92 Å². The van der Waals surface area contributed by atoms with Crippen LogP contribution in [-0.4, -0.2) is 54.2 Å². The maximum absolute atomic E-state index is 15.2. The van der Waals surface area contributed by atoms with E-state index in [-0.39, 0.29) is 18.7 Å². The minimum absolute atomic E-state index is 0.108. The molecule has 1 aliphatic carbocycles. The summed E-state index contributed by atoms with van der Waals surface area (Å²) >= 11 is 12.6. The largest absolute Gasteiger partial charge is 0.481 e. The number of para-hydroxylation sites is 1. The van der Waals surface area contributed by atoms with E-state index >= 15 is 4.39 Å². The average molecular weight is 664 g/mol. The lowest BCUT2D eigenvalue weighted by Gasteiger charge is -2.49. The predicted molar refractivity (Wildman–Crippen MR) is 167 cm³/mol. The summed E-state index contributed by atoms with van der Waals surface area (Å²) in [6.07, 6.45) is -1.07. The molecule has 2 fully saturated rings. The molecule has 8 nitrogen and oxygen atoms in total. The molecule has 1 aliphatic heterocycles. The Hall–Kier alpha value is -3.18. The molecule has 1 saturated carbocycles. The zero-order chi connectivity index (χ0) is 31.8. The molecule has 0 spiro atoms. The molecule has 1 N–H and O–H groups in total. The van der Waals surface area contributed by atoms with Gasteiger partial charge in [-0.05, 0) is 73.7 Å². The lowest BCUT2D eigenvalue weighted by Crippen LogP contribution is -2.59. The van der Waals surface area contributed by atoms with Gasteiger partial charge in [-0.1, -0.05) is 66.5 Å². The predicted octanol–water partition coefficient (Wildman–Crippen LogP) is 6.64. The minimum atomic E-state index is -3.97. The molecule has 1 amide bonds. The minimum Gasteiger partial charge on any atom is -0.481 e. The van der Waals surface area contributed by atoms with Crippen molar-refractivity contribution in [3.63, 3.8) is 0 Å². The number of amides is 1. The van der Waals surface area contributed by atoms with Crippen molar-refractivity contribution in [3.05, 3.63) is 99.8 Å². The van der Waals surface area contributed by atoms with Gasteiger partial charge >= 0.3 is 5.97 Å². The van der Waals surface area contributed by atoms with Crippen LogP contribution in [0.1, 0.15) is 56.4 Å².